The summed E-state index contributed by atoms with van der Waals surface area (Å²) in [6.45, 7) is 7.58. The van der Waals surface area contributed by atoms with Crippen molar-refractivity contribution < 1.29 is 14.0 Å². The van der Waals surface area contributed by atoms with E-state index in [2.05, 4.69) is 0 Å². The molecular weight excluding hydrogens is 292 g/mol. The standard InChI is InChI=1S/C18H20N2O3/c1-11-10-19(18(22)15-9-12(2)23-13(15)3)16-7-5-6-8-17(16)20(11)14(4)21/h5-9,11H,10H2,1-4H3/t11-/m0/s1. The normalized spacial score (nSPS) is 17.1. The van der Waals surface area contributed by atoms with Crippen LogP contribution >= 0.6 is 0 Å². The van der Waals surface area contributed by atoms with Crippen molar-refractivity contribution in [1.82, 2.24) is 0 Å². The van der Waals surface area contributed by atoms with Gasteiger partial charge in [-0.15, -0.1) is 0 Å². The van der Waals surface area contributed by atoms with E-state index in [0.717, 1.165) is 17.1 Å². The van der Waals surface area contributed by atoms with E-state index in [-0.39, 0.29) is 17.9 Å². The fourth-order valence-electron chi connectivity index (χ4n) is 3.24. The molecule has 3 rings (SSSR count). The molecule has 0 saturated heterocycles. The molecule has 0 bridgehead atoms. The van der Waals surface area contributed by atoms with Crippen molar-refractivity contribution >= 4 is 23.2 Å². The Morgan fingerprint density at radius 2 is 1.83 bits per heavy atom. The van der Waals surface area contributed by atoms with Crippen molar-refractivity contribution in [3.8, 4) is 0 Å². The lowest BCUT2D eigenvalue weighted by Crippen LogP contribution is -2.51. The average molecular weight is 312 g/mol. The smallest absolute Gasteiger partial charge is 0.261 e. The van der Waals surface area contributed by atoms with Gasteiger partial charge in [0, 0.05) is 13.5 Å². The highest BCUT2D eigenvalue weighted by Gasteiger charge is 2.34. The first-order valence-electron chi connectivity index (χ1n) is 7.68. The molecule has 5 heteroatoms. The molecule has 5 nitrogen and oxygen atoms in total. The zero-order valence-electron chi connectivity index (χ0n) is 13.8. The van der Waals surface area contributed by atoms with Gasteiger partial charge in [-0.1, -0.05) is 12.1 Å². The maximum absolute atomic E-state index is 13.0. The van der Waals surface area contributed by atoms with Crippen LogP contribution in [0.15, 0.2) is 34.7 Å². The minimum Gasteiger partial charge on any atom is -0.466 e. The molecule has 0 aliphatic carbocycles. The van der Waals surface area contributed by atoms with Gasteiger partial charge in [0.25, 0.3) is 5.91 Å². The molecule has 2 heterocycles. The number of fused-ring (bicyclic) bond motifs is 1. The summed E-state index contributed by atoms with van der Waals surface area (Å²) in [6, 6.07) is 9.18. The Hall–Kier alpha value is -2.56. The van der Waals surface area contributed by atoms with Gasteiger partial charge in [0.05, 0.1) is 23.0 Å². The van der Waals surface area contributed by atoms with E-state index in [9.17, 15) is 9.59 Å². The van der Waals surface area contributed by atoms with Gasteiger partial charge in [-0.25, -0.2) is 0 Å². The van der Waals surface area contributed by atoms with Gasteiger partial charge in [-0.3, -0.25) is 9.59 Å². The monoisotopic (exact) mass is 312 g/mol. The molecule has 0 spiro atoms. The number of benzene rings is 1. The highest BCUT2D eigenvalue weighted by atomic mass is 16.3. The number of para-hydroxylation sites is 2. The zero-order valence-corrected chi connectivity index (χ0v) is 13.8. The molecule has 1 aromatic heterocycles. The van der Waals surface area contributed by atoms with Gasteiger partial charge >= 0.3 is 0 Å². The van der Waals surface area contributed by atoms with Gasteiger partial charge in [-0.2, -0.15) is 0 Å². The van der Waals surface area contributed by atoms with E-state index in [0.29, 0.717) is 17.9 Å². The molecule has 0 saturated carbocycles. The lowest BCUT2D eigenvalue weighted by Gasteiger charge is -2.40. The summed E-state index contributed by atoms with van der Waals surface area (Å²) in [5, 5.41) is 0. The van der Waals surface area contributed by atoms with E-state index < -0.39 is 0 Å². The first-order valence-corrected chi connectivity index (χ1v) is 7.68. The van der Waals surface area contributed by atoms with Gasteiger partial charge in [-0.05, 0) is 39.0 Å². The predicted octanol–water partition coefficient (Wildman–Crippen LogP) is 3.30. The molecule has 120 valence electrons. The summed E-state index contributed by atoms with van der Waals surface area (Å²) >= 11 is 0. The van der Waals surface area contributed by atoms with Gasteiger partial charge in [0.1, 0.15) is 11.5 Å². The maximum atomic E-state index is 13.0. The van der Waals surface area contributed by atoms with E-state index in [4.69, 9.17) is 4.42 Å². The summed E-state index contributed by atoms with van der Waals surface area (Å²) in [7, 11) is 0. The Morgan fingerprint density at radius 3 is 2.39 bits per heavy atom. The van der Waals surface area contributed by atoms with Gasteiger partial charge in [0.15, 0.2) is 0 Å². The number of anilines is 2. The quantitative estimate of drug-likeness (QED) is 0.812. The minimum absolute atomic E-state index is 0.0209. The van der Waals surface area contributed by atoms with Crippen molar-refractivity contribution in [3.63, 3.8) is 0 Å². The summed E-state index contributed by atoms with van der Waals surface area (Å²) < 4.78 is 5.49. The van der Waals surface area contributed by atoms with Crippen LogP contribution < -0.4 is 9.80 Å². The number of amides is 2. The predicted molar refractivity (Wildman–Crippen MR) is 88.9 cm³/mol. The Balaban J connectivity index is 2.07. The lowest BCUT2D eigenvalue weighted by atomic mass is 10.1. The fraction of sp³-hybridized carbons (Fsp3) is 0.333. The molecule has 0 radical (unpaired) electrons. The van der Waals surface area contributed by atoms with Crippen LogP contribution in [0.4, 0.5) is 11.4 Å². The Labute approximate surface area is 135 Å². The summed E-state index contributed by atoms with van der Waals surface area (Å²) in [5.41, 5.74) is 2.09. The first-order chi connectivity index (χ1) is 10.9. The molecule has 1 atom stereocenters. The number of nitrogens with zero attached hydrogens (tertiary/aromatic N) is 2. The number of aryl methyl sites for hydroxylation is 2. The Bertz CT molecular complexity index is 778. The second-order valence-corrected chi connectivity index (χ2v) is 5.97. The van der Waals surface area contributed by atoms with Crippen molar-refractivity contribution in [2.45, 2.75) is 33.7 Å². The van der Waals surface area contributed by atoms with E-state index >= 15 is 0 Å². The summed E-state index contributed by atoms with van der Waals surface area (Å²) in [4.78, 5) is 28.4. The van der Waals surface area contributed by atoms with Crippen LogP contribution in [-0.4, -0.2) is 24.4 Å². The van der Waals surface area contributed by atoms with Crippen molar-refractivity contribution in [1.29, 1.82) is 0 Å². The second-order valence-electron chi connectivity index (χ2n) is 5.97. The lowest BCUT2D eigenvalue weighted by molar-refractivity contribution is -0.117. The topological polar surface area (TPSA) is 53.8 Å². The van der Waals surface area contributed by atoms with Crippen LogP contribution in [0.5, 0.6) is 0 Å². The minimum atomic E-state index is -0.0955. The summed E-state index contributed by atoms with van der Waals surface area (Å²) in [5.74, 6) is 1.22. The third kappa shape index (κ3) is 2.52. The van der Waals surface area contributed by atoms with Crippen molar-refractivity contribution in [2.75, 3.05) is 16.3 Å². The molecule has 2 amide bonds. The van der Waals surface area contributed by atoms with Crippen LogP contribution in [0.2, 0.25) is 0 Å². The molecule has 1 aliphatic heterocycles. The van der Waals surface area contributed by atoms with Crippen molar-refractivity contribution in [2.24, 2.45) is 0 Å². The van der Waals surface area contributed by atoms with Crippen LogP contribution in [0, 0.1) is 13.8 Å². The van der Waals surface area contributed by atoms with E-state index in [1.165, 1.54) is 0 Å². The highest BCUT2D eigenvalue weighted by molar-refractivity contribution is 6.11. The molecule has 0 N–H and O–H groups in total. The molecule has 1 aromatic carbocycles. The second kappa shape index (κ2) is 5.57. The van der Waals surface area contributed by atoms with Crippen LogP contribution in [0.25, 0.3) is 0 Å². The highest BCUT2D eigenvalue weighted by Crippen LogP contribution is 2.36. The maximum Gasteiger partial charge on any atom is 0.261 e. The zero-order chi connectivity index (χ0) is 16.7. The Morgan fingerprint density at radius 1 is 1.17 bits per heavy atom. The summed E-state index contributed by atoms with van der Waals surface area (Å²) in [6.07, 6.45) is 0. The number of hydrogen-bond acceptors (Lipinski definition) is 3. The molecule has 0 unspecified atom stereocenters. The van der Waals surface area contributed by atoms with Crippen LogP contribution in [-0.2, 0) is 4.79 Å². The molecule has 23 heavy (non-hydrogen) atoms. The van der Waals surface area contributed by atoms with E-state index in [1.54, 1.807) is 29.7 Å². The number of rotatable bonds is 1. The third-order valence-electron chi connectivity index (χ3n) is 4.18. The van der Waals surface area contributed by atoms with Gasteiger partial charge < -0.3 is 14.2 Å². The fourth-order valence-corrected chi connectivity index (χ4v) is 3.24. The molecule has 0 fully saturated rings. The van der Waals surface area contributed by atoms with Crippen LogP contribution in [0.1, 0.15) is 35.7 Å². The number of furan rings is 1. The SMILES string of the molecule is CC(=O)N1c2ccccc2N(C(=O)c2cc(C)oc2C)C[C@@H]1C. The number of carbonyl (C=O) groups is 2. The Kier molecular flexibility index (Phi) is 3.72. The largest absolute Gasteiger partial charge is 0.466 e. The molecule has 2 aromatic rings. The number of hydrogen-bond donors (Lipinski definition) is 0. The third-order valence-corrected chi connectivity index (χ3v) is 4.18. The molecular formula is C18H20N2O3. The number of carbonyl (C=O) groups excluding carboxylic acids is 2. The average Bonchev–Trinajstić information content (AvgIpc) is 2.83. The van der Waals surface area contributed by atoms with E-state index in [1.807, 2.05) is 38.1 Å². The first kappa shape index (κ1) is 15.3. The van der Waals surface area contributed by atoms with Gasteiger partial charge in [0.2, 0.25) is 5.91 Å². The van der Waals surface area contributed by atoms with Crippen LogP contribution in [0.3, 0.4) is 0 Å². The molecule has 1 aliphatic rings. The van der Waals surface area contributed by atoms with Crippen molar-refractivity contribution in [3.05, 3.63) is 47.4 Å².